The van der Waals surface area contributed by atoms with Crippen molar-refractivity contribution in [1.82, 2.24) is 14.6 Å². The third-order valence-corrected chi connectivity index (χ3v) is 5.83. The van der Waals surface area contributed by atoms with Crippen molar-refractivity contribution in [2.24, 2.45) is 0 Å². The summed E-state index contributed by atoms with van der Waals surface area (Å²) in [4.78, 5) is 18.2. The van der Waals surface area contributed by atoms with Crippen LogP contribution in [0.2, 0.25) is 0 Å². The standard InChI is InChI=1S/C22H26N8O4S/c1-14(31)25-18-10-17(6-7-19(18)29(2)8-9-34-35(3,32)33)26-20-11-21(27-16-4-5-16)30-22(28-20)15(12-23)13-24-30/h6-7,10-11,13,16,27H,4-5,8-9H2,1-3H3,(H,25,31)(H,26,28). The molecule has 0 bridgehead atoms. The molecule has 1 aliphatic carbocycles. The maximum Gasteiger partial charge on any atom is 0.264 e. The van der Waals surface area contributed by atoms with E-state index in [9.17, 15) is 18.5 Å². The summed E-state index contributed by atoms with van der Waals surface area (Å²) < 4.78 is 28.9. The van der Waals surface area contributed by atoms with Gasteiger partial charge < -0.3 is 20.9 Å². The van der Waals surface area contributed by atoms with E-state index >= 15 is 0 Å². The minimum absolute atomic E-state index is 0.0257. The molecule has 2 heterocycles. The molecule has 184 valence electrons. The van der Waals surface area contributed by atoms with Gasteiger partial charge in [0.2, 0.25) is 5.91 Å². The Morgan fingerprint density at radius 2 is 2.11 bits per heavy atom. The normalized spacial score (nSPS) is 13.3. The van der Waals surface area contributed by atoms with Crippen molar-refractivity contribution in [2.45, 2.75) is 25.8 Å². The average molecular weight is 499 g/mol. The minimum Gasteiger partial charge on any atom is -0.371 e. The van der Waals surface area contributed by atoms with Gasteiger partial charge in [0.25, 0.3) is 10.1 Å². The van der Waals surface area contributed by atoms with Gasteiger partial charge in [0.05, 0.1) is 30.4 Å². The second-order valence-corrected chi connectivity index (χ2v) is 9.98. The van der Waals surface area contributed by atoms with E-state index in [2.05, 4.69) is 32.1 Å². The van der Waals surface area contributed by atoms with Crippen molar-refractivity contribution >= 4 is 50.4 Å². The summed E-state index contributed by atoms with van der Waals surface area (Å²) in [6, 6.07) is 9.68. The Bertz CT molecular complexity index is 1410. The number of rotatable bonds is 10. The number of hydrogen-bond acceptors (Lipinski definition) is 10. The number of benzene rings is 1. The van der Waals surface area contributed by atoms with Gasteiger partial charge in [-0.05, 0) is 31.0 Å². The Kier molecular flexibility index (Phi) is 6.77. The Labute approximate surface area is 203 Å². The zero-order valence-electron chi connectivity index (χ0n) is 19.6. The van der Waals surface area contributed by atoms with Gasteiger partial charge in [-0.1, -0.05) is 0 Å². The Hall–Kier alpha value is -3.89. The Morgan fingerprint density at radius 3 is 2.77 bits per heavy atom. The summed E-state index contributed by atoms with van der Waals surface area (Å²) in [6.07, 6.45) is 4.63. The highest BCUT2D eigenvalue weighted by Gasteiger charge is 2.23. The second-order valence-electron chi connectivity index (χ2n) is 8.34. The van der Waals surface area contributed by atoms with Crippen LogP contribution in [0.25, 0.3) is 5.65 Å². The van der Waals surface area contributed by atoms with E-state index in [0.717, 1.165) is 24.9 Å². The second kappa shape index (κ2) is 9.77. The van der Waals surface area contributed by atoms with E-state index in [1.807, 2.05) is 12.1 Å². The van der Waals surface area contributed by atoms with Gasteiger partial charge in [-0.2, -0.15) is 23.3 Å². The third-order valence-electron chi connectivity index (χ3n) is 5.24. The van der Waals surface area contributed by atoms with Crippen LogP contribution in [-0.4, -0.2) is 61.4 Å². The van der Waals surface area contributed by atoms with Gasteiger partial charge >= 0.3 is 0 Å². The number of fused-ring (bicyclic) bond motifs is 1. The molecule has 1 fully saturated rings. The van der Waals surface area contributed by atoms with E-state index in [1.165, 1.54) is 13.1 Å². The maximum absolute atomic E-state index is 11.8. The van der Waals surface area contributed by atoms with Crippen LogP contribution < -0.4 is 20.9 Å². The van der Waals surface area contributed by atoms with Crippen molar-refractivity contribution in [1.29, 1.82) is 5.26 Å². The highest BCUT2D eigenvalue weighted by Crippen LogP contribution is 2.31. The van der Waals surface area contributed by atoms with Crippen molar-refractivity contribution in [2.75, 3.05) is 47.3 Å². The van der Waals surface area contributed by atoms with Crippen LogP contribution in [0, 0.1) is 11.3 Å². The van der Waals surface area contributed by atoms with E-state index in [4.69, 9.17) is 4.18 Å². The molecule has 1 amide bonds. The van der Waals surface area contributed by atoms with E-state index in [-0.39, 0.29) is 12.5 Å². The lowest BCUT2D eigenvalue weighted by Crippen LogP contribution is -2.25. The molecule has 1 aliphatic rings. The number of nitrogens with one attached hydrogen (secondary N) is 3. The number of amides is 1. The molecule has 0 aliphatic heterocycles. The number of nitrogens with zero attached hydrogens (tertiary/aromatic N) is 5. The lowest BCUT2D eigenvalue weighted by atomic mass is 10.2. The molecule has 35 heavy (non-hydrogen) atoms. The highest BCUT2D eigenvalue weighted by atomic mass is 32.2. The van der Waals surface area contributed by atoms with Gasteiger partial charge in [0.15, 0.2) is 5.65 Å². The molecule has 1 saturated carbocycles. The van der Waals surface area contributed by atoms with Crippen LogP contribution >= 0.6 is 0 Å². The SMILES string of the molecule is CC(=O)Nc1cc(Nc2cc(NC3CC3)n3ncc(C#N)c3n2)ccc1N(C)CCOS(C)(=O)=O. The first kappa shape index (κ1) is 24.2. The number of nitriles is 1. The van der Waals surface area contributed by atoms with Crippen LogP contribution in [0.4, 0.5) is 28.7 Å². The molecule has 3 aromatic rings. The van der Waals surface area contributed by atoms with E-state index in [0.29, 0.717) is 46.7 Å². The van der Waals surface area contributed by atoms with E-state index in [1.54, 1.807) is 28.6 Å². The monoisotopic (exact) mass is 498 g/mol. The third kappa shape index (κ3) is 6.17. The summed E-state index contributed by atoms with van der Waals surface area (Å²) in [7, 11) is -1.77. The Balaban J connectivity index is 1.61. The average Bonchev–Trinajstić information content (AvgIpc) is 3.48. The molecule has 1 aromatic carbocycles. The first-order chi connectivity index (χ1) is 16.6. The van der Waals surface area contributed by atoms with Gasteiger partial charge in [-0.15, -0.1) is 0 Å². The number of anilines is 5. The maximum atomic E-state index is 11.8. The largest absolute Gasteiger partial charge is 0.371 e. The smallest absolute Gasteiger partial charge is 0.264 e. The number of aromatic nitrogens is 3. The number of carbonyl (C=O) groups excluding carboxylic acids is 1. The van der Waals surface area contributed by atoms with Gasteiger partial charge in [0.1, 0.15) is 23.3 Å². The molecule has 13 heteroatoms. The predicted molar refractivity (Wildman–Crippen MR) is 132 cm³/mol. The lowest BCUT2D eigenvalue weighted by Gasteiger charge is -2.23. The van der Waals surface area contributed by atoms with Gasteiger partial charge in [0, 0.05) is 38.3 Å². The molecule has 0 saturated heterocycles. The van der Waals surface area contributed by atoms with Crippen LogP contribution in [0.5, 0.6) is 0 Å². The summed E-state index contributed by atoms with van der Waals surface area (Å²) in [6.45, 7) is 1.67. The molecule has 0 atom stereocenters. The van der Waals surface area contributed by atoms with Crippen molar-refractivity contribution in [3.05, 3.63) is 36.0 Å². The lowest BCUT2D eigenvalue weighted by molar-refractivity contribution is -0.114. The van der Waals surface area contributed by atoms with Crippen LogP contribution in [0.15, 0.2) is 30.5 Å². The summed E-state index contributed by atoms with van der Waals surface area (Å²) >= 11 is 0. The Morgan fingerprint density at radius 1 is 1.34 bits per heavy atom. The van der Waals surface area contributed by atoms with Gasteiger partial charge in [-0.3, -0.25) is 8.98 Å². The van der Waals surface area contributed by atoms with Crippen LogP contribution in [0.1, 0.15) is 25.3 Å². The van der Waals surface area contributed by atoms with Crippen LogP contribution in [-0.2, 0) is 19.1 Å². The summed E-state index contributed by atoms with van der Waals surface area (Å²) in [5.41, 5.74) is 2.67. The number of carbonyl (C=O) groups is 1. The summed E-state index contributed by atoms with van der Waals surface area (Å²) in [5.74, 6) is 0.984. The van der Waals surface area contributed by atoms with Crippen molar-refractivity contribution < 1.29 is 17.4 Å². The zero-order valence-corrected chi connectivity index (χ0v) is 20.4. The zero-order chi connectivity index (χ0) is 25.2. The molecule has 0 unspecified atom stereocenters. The minimum atomic E-state index is -3.54. The fraction of sp³-hybridized carbons (Fsp3) is 0.364. The molecular weight excluding hydrogens is 472 g/mol. The molecular formula is C22H26N8O4S. The fourth-order valence-electron chi connectivity index (χ4n) is 3.48. The van der Waals surface area contributed by atoms with Gasteiger partial charge in [-0.25, -0.2) is 4.98 Å². The van der Waals surface area contributed by atoms with Crippen molar-refractivity contribution in [3.63, 3.8) is 0 Å². The van der Waals surface area contributed by atoms with Crippen LogP contribution in [0.3, 0.4) is 0 Å². The fourth-order valence-corrected chi connectivity index (χ4v) is 3.85. The molecule has 12 nitrogen and oxygen atoms in total. The molecule has 3 N–H and O–H groups in total. The number of hydrogen-bond donors (Lipinski definition) is 3. The topological polar surface area (TPSA) is 154 Å². The van der Waals surface area contributed by atoms with E-state index < -0.39 is 10.1 Å². The predicted octanol–water partition coefficient (Wildman–Crippen LogP) is 2.29. The molecule has 2 aromatic heterocycles. The molecule has 0 spiro atoms. The molecule has 0 radical (unpaired) electrons. The first-order valence-corrected chi connectivity index (χ1v) is 12.7. The molecule has 4 rings (SSSR count). The van der Waals surface area contributed by atoms with Crippen molar-refractivity contribution in [3.8, 4) is 6.07 Å². The summed E-state index contributed by atoms with van der Waals surface area (Å²) in [5, 5.41) is 23.2. The quantitative estimate of drug-likeness (QED) is 0.355. The first-order valence-electron chi connectivity index (χ1n) is 10.9. The number of likely N-dealkylation sites (N-methyl/N-ethyl adjacent to an activating group) is 1. The highest BCUT2D eigenvalue weighted by molar-refractivity contribution is 7.85.